The van der Waals surface area contributed by atoms with Crippen LogP contribution in [0.1, 0.15) is 42.4 Å². The fourth-order valence-electron chi connectivity index (χ4n) is 5.24. The highest BCUT2D eigenvalue weighted by Crippen LogP contribution is 2.49. The molecular formula is C23H26FN3O2. The number of nitrogens with one attached hydrogen (secondary N) is 1. The lowest BCUT2D eigenvalue weighted by Crippen LogP contribution is -2.49. The molecule has 1 unspecified atom stereocenters. The summed E-state index contributed by atoms with van der Waals surface area (Å²) in [5.41, 5.74) is 4.29. The van der Waals surface area contributed by atoms with Gasteiger partial charge >= 0.3 is 0 Å². The fourth-order valence-corrected chi connectivity index (χ4v) is 5.24. The number of carbonyl (C=O) groups excluding carboxylic acids is 1. The number of aliphatic hydroxyl groups is 1. The Labute approximate surface area is 170 Å². The van der Waals surface area contributed by atoms with Crippen LogP contribution >= 0.6 is 0 Å². The minimum atomic E-state index is -0.551. The van der Waals surface area contributed by atoms with Gasteiger partial charge in [-0.1, -0.05) is 24.3 Å². The van der Waals surface area contributed by atoms with Crippen LogP contribution < -0.4 is 10.2 Å². The van der Waals surface area contributed by atoms with E-state index in [1.807, 2.05) is 12.1 Å². The molecule has 0 aliphatic carbocycles. The number of rotatable bonds is 5. The summed E-state index contributed by atoms with van der Waals surface area (Å²) in [6.07, 6.45) is 2.06. The monoisotopic (exact) mass is 395 g/mol. The Morgan fingerprint density at radius 1 is 1.21 bits per heavy atom. The summed E-state index contributed by atoms with van der Waals surface area (Å²) in [5.74, 6) is 0.222. The highest BCUT2D eigenvalue weighted by Gasteiger charge is 2.44. The minimum Gasteiger partial charge on any atom is -0.388 e. The lowest BCUT2D eigenvalue weighted by Gasteiger charge is -2.39. The van der Waals surface area contributed by atoms with Crippen LogP contribution in [0.3, 0.4) is 0 Å². The number of carbonyl (C=O) groups is 1. The van der Waals surface area contributed by atoms with Gasteiger partial charge in [-0.2, -0.15) is 0 Å². The lowest BCUT2D eigenvalue weighted by molar-refractivity contribution is -0.115. The molecule has 2 N–H and O–H groups in total. The third-order valence-electron chi connectivity index (χ3n) is 6.61. The van der Waals surface area contributed by atoms with Crippen molar-refractivity contribution in [2.45, 2.75) is 37.3 Å². The van der Waals surface area contributed by atoms with Gasteiger partial charge in [-0.3, -0.25) is 4.79 Å². The predicted octanol–water partition coefficient (Wildman–Crippen LogP) is 3.27. The van der Waals surface area contributed by atoms with Crippen molar-refractivity contribution in [1.82, 2.24) is 4.90 Å². The molecule has 3 atom stereocenters. The summed E-state index contributed by atoms with van der Waals surface area (Å²) >= 11 is 0. The number of aliphatic hydroxyl groups excluding tert-OH is 1. The van der Waals surface area contributed by atoms with Crippen LogP contribution in [0.5, 0.6) is 0 Å². The molecule has 1 fully saturated rings. The molecule has 6 heteroatoms. The molecule has 2 aromatic rings. The average Bonchev–Trinajstić information content (AvgIpc) is 3.03. The van der Waals surface area contributed by atoms with Crippen molar-refractivity contribution in [3.05, 3.63) is 59.4 Å². The number of benzene rings is 2. The molecule has 1 amide bonds. The van der Waals surface area contributed by atoms with E-state index < -0.39 is 6.10 Å². The number of likely N-dealkylation sites (tertiary alicyclic amines) is 1. The van der Waals surface area contributed by atoms with Crippen LogP contribution in [0, 0.1) is 5.82 Å². The van der Waals surface area contributed by atoms with Gasteiger partial charge < -0.3 is 20.2 Å². The number of halogens is 1. The number of fused-ring (bicyclic) bond motifs is 3. The second-order valence-electron chi connectivity index (χ2n) is 8.39. The molecule has 152 valence electrons. The van der Waals surface area contributed by atoms with Gasteiger partial charge in [0.25, 0.3) is 0 Å². The largest absolute Gasteiger partial charge is 0.388 e. The molecule has 29 heavy (non-hydrogen) atoms. The Hall–Kier alpha value is -2.44. The Bertz CT molecular complexity index is 917. The van der Waals surface area contributed by atoms with Crippen LogP contribution in [0.4, 0.5) is 15.8 Å². The van der Waals surface area contributed by atoms with Gasteiger partial charge in [-0.15, -0.1) is 0 Å². The van der Waals surface area contributed by atoms with E-state index in [2.05, 4.69) is 21.2 Å². The van der Waals surface area contributed by atoms with Gasteiger partial charge in [-0.05, 0) is 55.1 Å². The third-order valence-corrected chi connectivity index (χ3v) is 6.61. The predicted molar refractivity (Wildman–Crippen MR) is 111 cm³/mol. The zero-order valence-corrected chi connectivity index (χ0v) is 16.4. The lowest BCUT2D eigenvalue weighted by atomic mass is 9.89. The topological polar surface area (TPSA) is 55.8 Å². The fraction of sp³-hybridized carbons (Fsp3) is 0.435. The van der Waals surface area contributed by atoms with Crippen LogP contribution in [0.25, 0.3) is 0 Å². The second kappa shape index (κ2) is 7.43. The first-order chi connectivity index (χ1) is 14.1. The number of nitrogens with zero attached hydrogens (tertiary/aromatic N) is 2. The maximum absolute atomic E-state index is 13.0. The third kappa shape index (κ3) is 3.40. The minimum absolute atomic E-state index is 0.0764. The Morgan fingerprint density at radius 2 is 2.03 bits per heavy atom. The van der Waals surface area contributed by atoms with E-state index in [0.717, 1.165) is 43.7 Å². The van der Waals surface area contributed by atoms with Crippen LogP contribution in [0.15, 0.2) is 42.5 Å². The van der Waals surface area contributed by atoms with Crippen molar-refractivity contribution in [2.75, 3.05) is 36.4 Å². The van der Waals surface area contributed by atoms with E-state index in [0.29, 0.717) is 24.9 Å². The highest BCUT2D eigenvalue weighted by atomic mass is 19.1. The van der Waals surface area contributed by atoms with E-state index in [9.17, 15) is 14.3 Å². The van der Waals surface area contributed by atoms with Crippen molar-refractivity contribution in [3.63, 3.8) is 0 Å². The summed E-state index contributed by atoms with van der Waals surface area (Å²) in [5, 5.41) is 13.4. The summed E-state index contributed by atoms with van der Waals surface area (Å²) < 4.78 is 13.0. The van der Waals surface area contributed by atoms with Crippen molar-refractivity contribution >= 4 is 17.3 Å². The molecule has 0 aromatic heterocycles. The molecule has 5 nitrogen and oxygen atoms in total. The van der Waals surface area contributed by atoms with E-state index >= 15 is 0 Å². The molecule has 1 saturated heterocycles. The van der Waals surface area contributed by atoms with Gasteiger partial charge in [0, 0.05) is 25.0 Å². The molecule has 0 spiro atoms. The summed E-state index contributed by atoms with van der Waals surface area (Å²) in [6.45, 7) is 3.39. The normalized spacial score (nSPS) is 24.1. The second-order valence-corrected chi connectivity index (χ2v) is 8.39. The van der Waals surface area contributed by atoms with E-state index in [1.54, 1.807) is 12.1 Å². The Balaban J connectivity index is 1.21. The first-order valence-corrected chi connectivity index (χ1v) is 10.5. The first-order valence-electron chi connectivity index (χ1n) is 10.5. The van der Waals surface area contributed by atoms with Crippen molar-refractivity contribution in [1.29, 1.82) is 0 Å². The SMILES string of the molecule is O=C1CN2c3c(cccc3[C@@H]3CN(CCCC(O)c4ccc(F)cc4)CC[C@@H]32)N1. The zero-order chi connectivity index (χ0) is 20.0. The number of amides is 1. The van der Waals surface area contributed by atoms with Gasteiger partial charge in [-0.25, -0.2) is 4.39 Å². The number of piperidine rings is 1. The van der Waals surface area contributed by atoms with Crippen LogP contribution in [0.2, 0.25) is 0 Å². The smallest absolute Gasteiger partial charge is 0.243 e. The summed E-state index contributed by atoms with van der Waals surface area (Å²) in [4.78, 5) is 16.9. The first kappa shape index (κ1) is 18.6. The molecule has 0 saturated carbocycles. The zero-order valence-electron chi connectivity index (χ0n) is 16.4. The molecule has 5 rings (SSSR count). The molecule has 3 aliphatic heterocycles. The molecular weight excluding hydrogens is 369 g/mol. The van der Waals surface area contributed by atoms with Gasteiger partial charge in [0.2, 0.25) is 5.91 Å². The number of para-hydroxylation sites is 1. The average molecular weight is 395 g/mol. The number of anilines is 2. The summed E-state index contributed by atoms with van der Waals surface area (Å²) in [7, 11) is 0. The van der Waals surface area contributed by atoms with Crippen LogP contribution in [-0.2, 0) is 4.79 Å². The van der Waals surface area contributed by atoms with Gasteiger partial charge in [0.05, 0.1) is 24.0 Å². The van der Waals surface area contributed by atoms with Gasteiger partial charge in [0.15, 0.2) is 0 Å². The molecule has 0 radical (unpaired) electrons. The van der Waals surface area contributed by atoms with E-state index in [1.165, 1.54) is 23.4 Å². The molecule has 0 bridgehead atoms. The summed E-state index contributed by atoms with van der Waals surface area (Å²) in [6, 6.07) is 12.7. The van der Waals surface area contributed by atoms with Crippen LogP contribution in [-0.4, -0.2) is 48.1 Å². The number of hydrogen-bond donors (Lipinski definition) is 2. The standard InChI is InChI=1S/C23H26FN3O2/c24-16-8-6-15(7-9-16)21(28)5-2-11-26-12-10-20-18(13-26)17-3-1-4-19-23(17)27(20)14-22(29)25-19/h1,3-4,6-9,18,20-21,28H,2,5,10-14H2,(H,25,29)/t18-,20-,21?/m0/s1. The van der Waals surface area contributed by atoms with E-state index in [4.69, 9.17) is 0 Å². The van der Waals surface area contributed by atoms with Crippen molar-refractivity contribution in [3.8, 4) is 0 Å². The number of hydrogen-bond acceptors (Lipinski definition) is 4. The highest BCUT2D eigenvalue weighted by molar-refractivity contribution is 6.03. The molecule has 3 heterocycles. The maximum Gasteiger partial charge on any atom is 0.243 e. The maximum atomic E-state index is 13.0. The van der Waals surface area contributed by atoms with E-state index in [-0.39, 0.29) is 11.7 Å². The van der Waals surface area contributed by atoms with Gasteiger partial charge in [0.1, 0.15) is 5.82 Å². The Kier molecular flexibility index (Phi) is 4.76. The quantitative estimate of drug-likeness (QED) is 0.816. The Morgan fingerprint density at radius 3 is 2.86 bits per heavy atom. The molecule has 2 aromatic carbocycles. The van der Waals surface area contributed by atoms with Crippen molar-refractivity contribution < 1.29 is 14.3 Å². The van der Waals surface area contributed by atoms with Crippen molar-refractivity contribution in [2.24, 2.45) is 0 Å². The molecule has 3 aliphatic rings.